The Morgan fingerprint density at radius 2 is 1.65 bits per heavy atom. The molecule has 1 fully saturated rings. The minimum Gasteiger partial charge on any atom is -0.494 e. The van der Waals surface area contributed by atoms with Gasteiger partial charge in [0.15, 0.2) is 0 Å². The quantitative estimate of drug-likeness (QED) is 0.338. The van der Waals surface area contributed by atoms with Crippen LogP contribution >= 0.6 is 23.2 Å². The molecule has 0 aromatic heterocycles. The van der Waals surface area contributed by atoms with Crippen molar-refractivity contribution in [3.63, 3.8) is 0 Å². The summed E-state index contributed by atoms with van der Waals surface area (Å²) >= 11 is 12.5. The summed E-state index contributed by atoms with van der Waals surface area (Å²) in [6.45, 7) is 5.23. The van der Waals surface area contributed by atoms with E-state index in [4.69, 9.17) is 27.9 Å². The molecule has 8 heteroatoms. The third-order valence-corrected chi connectivity index (χ3v) is 6.55. The predicted molar refractivity (Wildman–Crippen MR) is 151 cm³/mol. The minimum absolute atomic E-state index is 0.0116. The van der Waals surface area contributed by atoms with Crippen LogP contribution in [0, 0.1) is 0 Å². The van der Waals surface area contributed by atoms with E-state index in [9.17, 15) is 9.59 Å². The highest BCUT2D eigenvalue weighted by Gasteiger charge is 2.23. The largest absolute Gasteiger partial charge is 0.494 e. The highest BCUT2D eigenvalue weighted by Crippen LogP contribution is 2.30. The molecular weight excluding hydrogens is 509 g/mol. The third-order valence-electron chi connectivity index (χ3n) is 5.99. The average Bonchev–Trinajstić information content (AvgIpc) is 2.92. The Morgan fingerprint density at radius 1 is 0.946 bits per heavy atom. The van der Waals surface area contributed by atoms with Gasteiger partial charge in [0, 0.05) is 48.5 Å². The maximum absolute atomic E-state index is 12.9. The summed E-state index contributed by atoms with van der Waals surface area (Å²) in [5.41, 5.74) is 3.02. The fourth-order valence-electron chi connectivity index (χ4n) is 4.02. The molecule has 1 aliphatic heterocycles. The van der Waals surface area contributed by atoms with E-state index in [1.165, 1.54) is 6.08 Å². The molecule has 6 nitrogen and oxygen atoms in total. The molecule has 0 radical (unpaired) electrons. The molecule has 0 bridgehead atoms. The minimum atomic E-state index is -0.254. The lowest BCUT2D eigenvalue weighted by molar-refractivity contribution is -0.111. The first kappa shape index (κ1) is 26.6. The Balaban J connectivity index is 1.30. The van der Waals surface area contributed by atoms with E-state index >= 15 is 0 Å². The molecular formula is C29H29Cl2N3O3. The van der Waals surface area contributed by atoms with E-state index in [-0.39, 0.29) is 11.8 Å². The van der Waals surface area contributed by atoms with Gasteiger partial charge < -0.3 is 19.9 Å². The molecule has 192 valence electrons. The number of nitrogens with one attached hydrogen (secondary N) is 1. The van der Waals surface area contributed by atoms with Crippen LogP contribution < -0.4 is 15.0 Å². The number of carbonyl (C=O) groups excluding carboxylic acids is 2. The number of ether oxygens (including phenoxy) is 1. The van der Waals surface area contributed by atoms with Crippen LogP contribution in [-0.2, 0) is 4.79 Å². The standard InChI is InChI=1S/C29H29Cl2N3O3/c1-2-19-37-25-11-6-22(7-12-25)29(36)34-17-15-33(16-18-34)27-13-10-24(20-26(27)31)32-28(35)14-5-21-3-8-23(30)9-4-21/h3-14,20H,2,15-19H2,1H3,(H,32,35)/b14-5+. The number of piperazine rings is 1. The van der Waals surface area contributed by atoms with E-state index in [0.29, 0.717) is 54.1 Å². The normalized spacial score (nSPS) is 13.6. The summed E-state index contributed by atoms with van der Waals surface area (Å²) in [5.74, 6) is 0.531. The molecule has 1 N–H and O–H groups in total. The summed E-state index contributed by atoms with van der Waals surface area (Å²) in [7, 11) is 0. The highest BCUT2D eigenvalue weighted by atomic mass is 35.5. The Labute approximate surface area is 227 Å². The molecule has 3 aromatic rings. The number of hydrogen-bond donors (Lipinski definition) is 1. The third kappa shape index (κ3) is 7.28. The molecule has 1 heterocycles. The van der Waals surface area contributed by atoms with Crippen molar-refractivity contribution in [1.82, 2.24) is 4.90 Å². The van der Waals surface area contributed by atoms with Crippen molar-refractivity contribution in [2.75, 3.05) is 43.0 Å². The first-order chi connectivity index (χ1) is 17.9. The van der Waals surface area contributed by atoms with Crippen LogP contribution in [0.5, 0.6) is 5.75 Å². The molecule has 0 saturated carbocycles. The number of rotatable bonds is 8. The molecule has 0 spiro atoms. The molecule has 1 aliphatic rings. The highest BCUT2D eigenvalue weighted by molar-refractivity contribution is 6.33. The van der Waals surface area contributed by atoms with Crippen LogP contribution in [0.15, 0.2) is 72.8 Å². The summed E-state index contributed by atoms with van der Waals surface area (Å²) < 4.78 is 5.60. The fourth-order valence-corrected chi connectivity index (χ4v) is 4.44. The molecule has 1 saturated heterocycles. The Morgan fingerprint density at radius 3 is 2.30 bits per heavy atom. The van der Waals surface area contributed by atoms with Gasteiger partial charge in [0.25, 0.3) is 5.91 Å². The Hall–Kier alpha value is -3.48. The SMILES string of the molecule is CCCOc1ccc(C(=O)N2CCN(c3ccc(NC(=O)/C=C/c4ccc(Cl)cc4)cc3Cl)CC2)cc1. The second-order valence-electron chi connectivity index (χ2n) is 8.69. The Kier molecular flexibility index (Phi) is 9.09. The van der Waals surface area contributed by atoms with E-state index < -0.39 is 0 Å². The molecule has 4 rings (SSSR count). The van der Waals surface area contributed by atoms with Crippen molar-refractivity contribution in [2.24, 2.45) is 0 Å². The van der Waals surface area contributed by atoms with Crippen molar-refractivity contribution in [2.45, 2.75) is 13.3 Å². The number of anilines is 2. The zero-order valence-electron chi connectivity index (χ0n) is 20.6. The van der Waals surface area contributed by atoms with Gasteiger partial charge in [0.1, 0.15) is 5.75 Å². The zero-order valence-corrected chi connectivity index (χ0v) is 22.1. The van der Waals surface area contributed by atoms with Crippen LogP contribution in [0.3, 0.4) is 0 Å². The van der Waals surface area contributed by atoms with Crippen LogP contribution in [0.2, 0.25) is 10.0 Å². The van der Waals surface area contributed by atoms with E-state index in [2.05, 4.69) is 17.1 Å². The maximum atomic E-state index is 12.9. The van der Waals surface area contributed by atoms with Crippen LogP contribution in [0.25, 0.3) is 6.08 Å². The summed E-state index contributed by atoms with van der Waals surface area (Å²) in [4.78, 5) is 29.2. The topological polar surface area (TPSA) is 61.9 Å². The van der Waals surface area contributed by atoms with Gasteiger partial charge in [-0.2, -0.15) is 0 Å². The van der Waals surface area contributed by atoms with E-state index in [0.717, 1.165) is 23.4 Å². The van der Waals surface area contributed by atoms with Crippen molar-refractivity contribution in [1.29, 1.82) is 0 Å². The van der Waals surface area contributed by atoms with E-state index in [1.807, 2.05) is 53.4 Å². The number of amides is 2. The van der Waals surface area contributed by atoms with Gasteiger partial charge >= 0.3 is 0 Å². The molecule has 37 heavy (non-hydrogen) atoms. The summed E-state index contributed by atoms with van der Waals surface area (Å²) in [5, 5.41) is 4.02. The number of carbonyl (C=O) groups is 2. The van der Waals surface area contributed by atoms with Crippen molar-refractivity contribution < 1.29 is 14.3 Å². The molecule has 0 atom stereocenters. The van der Waals surface area contributed by atoms with Crippen LogP contribution in [0.1, 0.15) is 29.3 Å². The summed E-state index contributed by atoms with van der Waals surface area (Å²) in [6, 6.07) is 20.0. The predicted octanol–water partition coefficient (Wildman–Crippen LogP) is 6.40. The smallest absolute Gasteiger partial charge is 0.253 e. The van der Waals surface area contributed by atoms with Gasteiger partial charge in [0.2, 0.25) is 5.91 Å². The summed E-state index contributed by atoms with van der Waals surface area (Å²) in [6.07, 6.45) is 4.12. The number of nitrogens with zero attached hydrogens (tertiary/aromatic N) is 2. The van der Waals surface area contributed by atoms with E-state index in [1.54, 1.807) is 24.3 Å². The number of benzene rings is 3. The maximum Gasteiger partial charge on any atom is 0.253 e. The van der Waals surface area contributed by atoms with Gasteiger partial charge in [-0.05, 0) is 72.7 Å². The molecule has 3 aromatic carbocycles. The van der Waals surface area contributed by atoms with Crippen LogP contribution in [0.4, 0.5) is 11.4 Å². The van der Waals surface area contributed by atoms with Gasteiger partial charge in [0.05, 0.1) is 17.3 Å². The molecule has 2 amide bonds. The monoisotopic (exact) mass is 537 g/mol. The second-order valence-corrected chi connectivity index (χ2v) is 9.54. The molecule has 0 aliphatic carbocycles. The first-order valence-electron chi connectivity index (χ1n) is 12.2. The lowest BCUT2D eigenvalue weighted by Gasteiger charge is -2.36. The fraction of sp³-hybridized carbons (Fsp3) is 0.241. The van der Waals surface area contributed by atoms with Crippen LogP contribution in [-0.4, -0.2) is 49.5 Å². The molecule has 0 unspecified atom stereocenters. The van der Waals surface area contributed by atoms with Gasteiger partial charge in [-0.3, -0.25) is 9.59 Å². The first-order valence-corrected chi connectivity index (χ1v) is 13.0. The van der Waals surface area contributed by atoms with Gasteiger partial charge in [-0.1, -0.05) is 42.3 Å². The van der Waals surface area contributed by atoms with Crippen molar-refractivity contribution >= 4 is 52.5 Å². The number of halogens is 2. The average molecular weight is 538 g/mol. The second kappa shape index (κ2) is 12.7. The van der Waals surface area contributed by atoms with Crippen molar-refractivity contribution in [3.8, 4) is 5.75 Å². The van der Waals surface area contributed by atoms with Crippen molar-refractivity contribution in [3.05, 3.63) is 94.0 Å². The zero-order chi connectivity index (χ0) is 26.2. The van der Waals surface area contributed by atoms with Gasteiger partial charge in [-0.25, -0.2) is 0 Å². The lowest BCUT2D eigenvalue weighted by Crippen LogP contribution is -2.48. The lowest BCUT2D eigenvalue weighted by atomic mass is 10.1. The Bertz CT molecular complexity index is 1250. The number of hydrogen-bond acceptors (Lipinski definition) is 4. The van der Waals surface area contributed by atoms with Gasteiger partial charge in [-0.15, -0.1) is 0 Å².